The van der Waals surface area contributed by atoms with Crippen LogP contribution in [0.3, 0.4) is 0 Å². The summed E-state index contributed by atoms with van der Waals surface area (Å²) in [5.41, 5.74) is -0.390. The Labute approximate surface area is 95.4 Å². The highest BCUT2D eigenvalue weighted by Crippen LogP contribution is 2.58. The molecule has 16 heavy (non-hydrogen) atoms. The summed E-state index contributed by atoms with van der Waals surface area (Å²) in [5.74, 6) is -1.21. The van der Waals surface area contributed by atoms with Gasteiger partial charge in [-0.1, -0.05) is 13.8 Å². The molecule has 2 N–H and O–H groups in total. The number of carbonyl (C=O) groups is 2. The lowest BCUT2D eigenvalue weighted by molar-refractivity contribution is -0.140. The molecule has 2 saturated carbocycles. The summed E-state index contributed by atoms with van der Waals surface area (Å²) in [6.45, 7) is 5.69. The van der Waals surface area contributed by atoms with Crippen LogP contribution >= 0.6 is 0 Å². The molecule has 0 saturated heterocycles. The molecule has 2 fully saturated rings. The predicted octanol–water partition coefficient (Wildman–Crippen LogP) is 1.26. The Hall–Kier alpha value is -1.06. The van der Waals surface area contributed by atoms with Crippen LogP contribution in [0.2, 0.25) is 0 Å². The molecule has 0 aromatic carbocycles. The van der Waals surface area contributed by atoms with Gasteiger partial charge in [0.2, 0.25) is 5.91 Å². The van der Waals surface area contributed by atoms with E-state index in [1.807, 2.05) is 20.8 Å². The molecule has 1 amide bonds. The molecule has 0 aromatic heterocycles. The molecule has 3 atom stereocenters. The third-order valence-electron chi connectivity index (χ3n) is 4.07. The van der Waals surface area contributed by atoms with Crippen LogP contribution in [0.4, 0.5) is 0 Å². The highest BCUT2D eigenvalue weighted by Gasteiger charge is 2.66. The SMILES string of the molecule is CC(NC(=O)[C@H]1[C@@H](C(=O)O)C1(C)C)C1CC1. The van der Waals surface area contributed by atoms with Crippen molar-refractivity contribution in [3.63, 3.8) is 0 Å². The molecule has 0 heterocycles. The summed E-state index contributed by atoms with van der Waals surface area (Å²) in [6, 6.07) is 0.193. The Kier molecular flexibility index (Phi) is 2.48. The van der Waals surface area contributed by atoms with E-state index >= 15 is 0 Å². The van der Waals surface area contributed by atoms with E-state index in [1.165, 1.54) is 12.8 Å². The summed E-state index contributed by atoms with van der Waals surface area (Å²) in [6.07, 6.45) is 2.36. The Morgan fingerprint density at radius 3 is 2.25 bits per heavy atom. The lowest BCUT2D eigenvalue weighted by atomic mass is 10.1. The highest BCUT2D eigenvalue weighted by molar-refractivity contribution is 5.91. The third-order valence-corrected chi connectivity index (χ3v) is 4.07. The van der Waals surface area contributed by atoms with E-state index in [0.717, 1.165) is 0 Å². The molecular formula is C12H19NO3. The largest absolute Gasteiger partial charge is 0.481 e. The summed E-state index contributed by atoms with van der Waals surface area (Å²) in [7, 11) is 0. The van der Waals surface area contributed by atoms with Gasteiger partial charge < -0.3 is 10.4 Å². The van der Waals surface area contributed by atoms with Crippen LogP contribution in [0.25, 0.3) is 0 Å². The third kappa shape index (κ3) is 1.81. The summed E-state index contributed by atoms with van der Waals surface area (Å²) in [5, 5.41) is 11.9. The first kappa shape index (κ1) is 11.4. The van der Waals surface area contributed by atoms with Crippen LogP contribution in [0.5, 0.6) is 0 Å². The maximum atomic E-state index is 11.9. The maximum Gasteiger partial charge on any atom is 0.307 e. The second-order valence-corrected chi connectivity index (χ2v) is 5.75. The van der Waals surface area contributed by atoms with Crippen LogP contribution < -0.4 is 5.32 Å². The van der Waals surface area contributed by atoms with Crippen molar-refractivity contribution in [2.24, 2.45) is 23.2 Å². The molecule has 0 aliphatic heterocycles. The van der Waals surface area contributed by atoms with Gasteiger partial charge in [0.1, 0.15) is 0 Å². The van der Waals surface area contributed by atoms with Gasteiger partial charge in [0.05, 0.1) is 11.8 Å². The van der Waals surface area contributed by atoms with Crippen molar-refractivity contribution in [1.29, 1.82) is 0 Å². The first-order chi connectivity index (χ1) is 7.35. The Morgan fingerprint density at radius 2 is 1.88 bits per heavy atom. The number of rotatable bonds is 4. The number of carbonyl (C=O) groups excluding carboxylic acids is 1. The van der Waals surface area contributed by atoms with Crippen molar-refractivity contribution in [3.05, 3.63) is 0 Å². The topological polar surface area (TPSA) is 66.4 Å². The van der Waals surface area contributed by atoms with E-state index in [1.54, 1.807) is 0 Å². The monoisotopic (exact) mass is 225 g/mol. The van der Waals surface area contributed by atoms with E-state index < -0.39 is 11.9 Å². The average Bonchev–Trinajstić information content (AvgIpc) is 2.97. The minimum absolute atomic E-state index is 0.0863. The first-order valence-corrected chi connectivity index (χ1v) is 5.89. The van der Waals surface area contributed by atoms with E-state index in [2.05, 4.69) is 5.32 Å². The second-order valence-electron chi connectivity index (χ2n) is 5.75. The molecule has 0 bridgehead atoms. The predicted molar refractivity (Wildman–Crippen MR) is 58.7 cm³/mol. The summed E-state index contributed by atoms with van der Waals surface area (Å²) < 4.78 is 0. The molecule has 0 aromatic rings. The average molecular weight is 225 g/mol. The summed E-state index contributed by atoms with van der Waals surface area (Å²) in [4.78, 5) is 22.8. The number of aliphatic carboxylic acids is 1. The lowest BCUT2D eigenvalue weighted by Gasteiger charge is -2.13. The minimum atomic E-state index is -0.857. The van der Waals surface area contributed by atoms with Gasteiger partial charge in [-0.05, 0) is 31.1 Å². The molecule has 0 spiro atoms. The molecule has 2 aliphatic rings. The normalized spacial score (nSPS) is 32.9. The van der Waals surface area contributed by atoms with E-state index in [9.17, 15) is 9.59 Å². The Balaban J connectivity index is 1.93. The molecule has 4 nitrogen and oxygen atoms in total. The van der Waals surface area contributed by atoms with Crippen LogP contribution in [-0.4, -0.2) is 23.0 Å². The van der Waals surface area contributed by atoms with Gasteiger partial charge in [-0.25, -0.2) is 0 Å². The van der Waals surface area contributed by atoms with Gasteiger partial charge in [-0.15, -0.1) is 0 Å². The fourth-order valence-electron chi connectivity index (χ4n) is 2.62. The van der Waals surface area contributed by atoms with Gasteiger partial charge in [-0.2, -0.15) is 0 Å². The minimum Gasteiger partial charge on any atom is -0.481 e. The number of hydrogen-bond donors (Lipinski definition) is 2. The zero-order valence-corrected chi connectivity index (χ0v) is 9.99. The number of nitrogens with one attached hydrogen (secondary N) is 1. The quantitative estimate of drug-likeness (QED) is 0.757. The zero-order valence-electron chi connectivity index (χ0n) is 9.99. The fourth-order valence-corrected chi connectivity index (χ4v) is 2.62. The van der Waals surface area contributed by atoms with Crippen molar-refractivity contribution in [2.45, 2.75) is 39.7 Å². The van der Waals surface area contributed by atoms with Crippen LogP contribution in [0.15, 0.2) is 0 Å². The van der Waals surface area contributed by atoms with Crippen LogP contribution in [0.1, 0.15) is 33.6 Å². The number of carboxylic acids is 1. The number of amides is 1. The van der Waals surface area contributed by atoms with Crippen molar-refractivity contribution < 1.29 is 14.7 Å². The van der Waals surface area contributed by atoms with Gasteiger partial charge in [-0.3, -0.25) is 9.59 Å². The fraction of sp³-hybridized carbons (Fsp3) is 0.833. The van der Waals surface area contributed by atoms with Gasteiger partial charge in [0.15, 0.2) is 0 Å². The van der Waals surface area contributed by atoms with Crippen molar-refractivity contribution in [2.75, 3.05) is 0 Å². The molecule has 4 heteroatoms. The number of hydrogen-bond acceptors (Lipinski definition) is 2. The van der Waals surface area contributed by atoms with Gasteiger partial charge in [0, 0.05) is 6.04 Å². The standard InChI is InChI=1S/C12H19NO3/c1-6(7-4-5-7)13-10(14)8-9(11(15)16)12(8,2)3/h6-9H,4-5H2,1-3H3,(H,13,14)(H,15,16)/t6?,8-,9+/m1/s1. The van der Waals surface area contributed by atoms with Crippen LogP contribution in [-0.2, 0) is 9.59 Å². The zero-order chi connectivity index (χ0) is 12.1. The second kappa shape index (κ2) is 3.47. The van der Waals surface area contributed by atoms with Crippen molar-refractivity contribution in [3.8, 4) is 0 Å². The highest BCUT2D eigenvalue weighted by atomic mass is 16.4. The Bertz CT molecular complexity index is 333. The van der Waals surface area contributed by atoms with Crippen molar-refractivity contribution >= 4 is 11.9 Å². The molecule has 1 unspecified atom stereocenters. The van der Waals surface area contributed by atoms with Gasteiger partial charge in [0.25, 0.3) is 0 Å². The molecule has 0 radical (unpaired) electrons. The molecular weight excluding hydrogens is 206 g/mol. The lowest BCUT2D eigenvalue weighted by Crippen LogP contribution is -2.36. The van der Waals surface area contributed by atoms with Crippen molar-refractivity contribution in [1.82, 2.24) is 5.32 Å². The van der Waals surface area contributed by atoms with E-state index in [0.29, 0.717) is 5.92 Å². The smallest absolute Gasteiger partial charge is 0.307 e. The maximum absolute atomic E-state index is 11.9. The molecule has 90 valence electrons. The van der Waals surface area contributed by atoms with Crippen LogP contribution in [0, 0.1) is 23.2 Å². The first-order valence-electron chi connectivity index (χ1n) is 5.89. The summed E-state index contributed by atoms with van der Waals surface area (Å²) >= 11 is 0. The number of carboxylic acid groups (broad SMARTS) is 1. The van der Waals surface area contributed by atoms with E-state index in [4.69, 9.17) is 5.11 Å². The molecule has 2 rings (SSSR count). The van der Waals surface area contributed by atoms with Gasteiger partial charge >= 0.3 is 5.97 Å². The van der Waals surface area contributed by atoms with E-state index in [-0.39, 0.29) is 23.3 Å². The Morgan fingerprint density at radius 1 is 1.31 bits per heavy atom. The molecule has 2 aliphatic carbocycles.